The number of nitrogens with zero attached hydrogens (tertiary/aromatic N) is 3. The third kappa shape index (κ3) is 2.52. The average molecular weight is 296 g/mol. The van der Waals surface area contributed by atoms with Crippen LogP contribution in [-0.4, -0.2) is 28.9 Å². The molecule has 2 heterocycles. The van der Waals surface area contributed by atoms with Crippen LogP contribution in [0.3, 0.4) is 0 Å². The second-order valence-electron chi connectivity index (χ2n) is 6.76. The highest BCUT2D eigenvalue weighted by Gasteiger charge is 2.33. The van der Waals surface area contributed by atoms with Gasteiger partial charge in [-0.3, -0.25) is 0 Å². The molecule has 1 aromatic heterocycles. The summed E-state index contributed by atoms with van der Waals surface area (Å²) in [6.07, 6.45) is 6.81. The molecule has 1 aromatic carbocycles. The molecule has 0 radical (unpaired) electrons. The number of aromatic nitrogens is 2. The summed E-state index contributed by atoms with van der Waals surface area (Å²) in [4.78, 5) is 2.48. The van der Waals surface area contributed by atoms with Gasteiger partial charge in [0, 0.05) is 25.0 Å². The largest absolute Gasteiger partial charge is 0.369 e. The minimum atomic E-state index is 0.368. The Labute approximate surface area is 131 Å². The lowest BCUT2D eigenvalue weighted by molar-refractivity contribution is 0.500. The fraction of sp³-hybridized carbons (Fsp3) is 0.500. The number of rotatable bonds is 3. The van der Waals surface area contributed by atoms with Crippen LogP contribution in [0.25, 0.3) is 5.69 Å². The smallest absolute Gasteiger partial charge is 0.0792 e. The maximum Gasteiger partial charge on any atom is 0.0792 e. The zero-order valence-corrected chi connectivity index (χ0v) is 13.2. The quantitative estimate of drug-likeness (QED) is 0.947. The first-order chi connectivity index (χ1) is 10.7. The van der Waals surface area contributed by atoms with E-state index in [-0.39, 0.29) is 0 Å². The van der Waals surface area contributed by atoms with Crippen molar-refractivity contribution in [1.82, 2.24) is 9.78 Å². The van der Waals surface area contributed by atoms with Gasteiger partial charge in [0.1, 0.15) is 0 Å². The summed E-state index contributed by atoms with van der Waals surface area (Å²) in [5.41, 5.74) is 11.2. The number of hydrogen-bond donors (Lipinski definition) is 1. The lowest BCUT2D eigenvalue weighted by Crippen LogP contribution is -2.39. The van der Waals surface area contributed by atoms with E-state index in [9.17, 15) is 0 Å². The molecule has 0 amide bonds. The van der Waals surface area contributed by atoms with Crippen molar-refractivity contribution < 1.29 is 0 Å². The van der Waals surface area contributed by atoms with E-state index >= 15 is 0 Å². The highest BCUT2D eigenvalue weighted by Crippen LogP contribution is 2.45. The second kappa shape index (κ2) is 5.43. The predicted octanol–water partition coefficient (Wildman–Crippen LogP) is 2.99. The molecule has 0 spiro atoms. The zero-order chi connectivity index (χ0) is 15.1. The number of benzene rings is 1. The van der Waals surface area contributed by atoms with Gasteiger partial charge < -0.3 is 10.6 Å². The Bertz CT molecular complexity index is 646. The van der Waals surface area contributed by atoms with Crippen molar-refractivity contribution >= 4 is 5.69 Å². The molecule has 1 aliphatic carbocycles. The van der Waals surface area contributed by atoms with Crippen molar-refractivity contribution in [3.05, 3.63) is 41.7 Å². The molecule has 0 atom stereocenters. The van der Waals surface area contributed by atoms with Crippen LogP contribution < -0.4 is 10.6 Å². The summed E-state index contributed by atoms with van der Waals surface area (Å²) in [5, 5.41) is 4.72. The third-order valence-electron chi connectivity index (χ3n) is 4.91. The number of nitrogens with two attached hydrogens (primary N) is 1. The van der Waals surface area contributed by atoms with Crippen molar-refractivity contribution in [2.45, 2.75) is 44.6 Å². The monoisotopic (exact) mass is 296 g/mol. The number of anilines is 1. The van der Waals surface area contributed by atoms with Crippen LogP contribution >= 0.6 is 0 Å². The number of aryl methyl sites for hydroxylation is 1. The molecule has 1 aliphatic heterocycles. The molecule has 0 unspecified atom stereocenters. The Morgan fingerprint density at radius 3 is 2.36 bits per heavy atom. The molecule has 2 aliphatic rings. The van der Waals surface area contributed by atoms with Gasteiger partial charge in [-0.15, -0.1) is 0 Å². The minimum absolute atomic E-state index is 0.368. The highest BCUT2D eigenvalue weighted by molar-refractivity contribution is 5.55. The summed E-state index contributed by atoms with van der Waals surface area (Å²) < 4.78 is 2.15. The predicted molar refractivity (Wildman–Crippen MR) is 89.7 cm³/mol. The van der Waals surface area contributed by atoms with Gasteiger partial charge in [-0.25, -0.2) is 4.68 Å². The van der Waals surface area contributed by atoms with Crippen molar-refractivity contribution in [3.8, 4) is 5.69 Å². The molecule has 2 fully saturated rings. The van der Waals surface area contributed by atoms with Crippen LogP contribution in [0, 0.1) is 6.92 Å². The fourth-order valence-electron chi connectivity index (χ4n) is 3.36. The van der Waals surface area contributed by atoms with Crippen LogP contribution in [0.2, 0.25) is 0 Å². The lowest BCUT2D eigenvalue weighted by atomic mass is 10.1. The van der Waals surface area contributed by atoms with Gasteiger partial charge in [-0.2, -0.15) is 5.10 Å². The van der Waals surface area contributed by atoms with Gasteiger partial charge >= 0.3 is 0 Å². The van der Waals surface area contributed by atoms with Gasteiger partial charge in [0.15, 0.2) is 0 Å². The summed E-state index contributed by atoms with van der Waals surface area (Å²) in [6, 6.07) is 9.03. The second-order valence-corrected chi connectivity index (χ2v) is 6.76. The summed E-state index contributed by atoms with van der Waals surface area (Å²) >= 11 is 0. The summed E-state index contributed by atoms with van der Waals surface area (Å²) in [6.45, 7) is 4.23. The van der Waals surface area contributed by atoms with Gasteiger partial charge in [0.25, 0.3) is 0 Å². The molecule has 1 saturated heterocycles. The van der Waals surface area contributed by atoms with Crippen molar-refractivity contribution in [1.29, 1.82) is 0 Å². The van der Waals surface area contributed by atoms with E-state index in [1.54, 1.807) is 0 Å². The molecule has 2 N–H and O–H groups in total. The van der Waals surface area contributed by atoms with E-state index in [2.05, 4.69) is 47.0 Å². The Kier molecular flexibility index (Phi) is 3.41. The standard InChI is InChI=1S/C18H24N4/c1-13-2-6-16(7-3-13)22-18(14-4-5-14)17(12-20-22)21-10-8-15(19)9-11-21/h2-3,6-7,12,14-15H,4-5,8-11,19H2,1H3. The minimum Gasteiger partial charge on any atom is -0.369 e. The van der Waals surface area contributed by atoms with Crippen molar-refractivity contribution in [2.75, 3.05) is 18.0 Å². The molecular formula is C18H24N4. The average Bonchev–Trinajstić information content (AvgIpc) is 3.28. The first kappa shape index (κ1) is 13.8. The van der Waals surface area contributed by atoms with Gasteiger partial charge in [0.2, 0.25) is 0 Å². The van der Waals surface area contributed by atoms with Crippen molar-refractivity contribution in [2.24, 2.45) is 5.73 Å². The molecule has 116 valence electrons. The summed E-state index contributed by atoms with van der Waals surface area (Å²) in [7, 11) is 0. The van der Waals surface area contributed by atoms with E-state index in [1.807, 2.05) is 0 Å². The SMILES string of the molecule is Cc1ccc(-n2ncc(N3CCC(N)CC3)c2C2CC2)cc1. The van der Waals surface area contributed by atoms with Crippen LogP contribution in [0.5, 0.6) is 0 Å². The van der Waals surface area contributed by atoms with Crippen LogP contribution in [0.4, 0.5) is 5.69 Å². The molecule has 1 saturated carbocycles. The maximum atomic E-state index is 6.05. The highest BCUT2D eigenvalue weighted by atomic mass is 15.3. The summed E-state index contributed by atoms with van der Waals surface area (Å²) in [5.74, 6) is 0.675. The number of hydrogen-bond acceptors (Lipinski definition) is 3. The van der Waals surface area contributed by atoms with E-state index in [1.165, 1.54) is 35.5 Å². The van der Waals surface area contributed by atoms with E-state index in [0.29, 0.717) is 12.0 Å². The Hall–Kier alpha value is -1.81. The normalized spacial score (nSPS) is 19.6. The van der Waals surface area contributed by atoms with E-state index in [0.717, 1.165) is 25.9 Å². The molecular weight excluding hydrogens is 272 g/mol. The Morgan fingerprint density at radius 1 is 1.05 bits per heavy atom. The van der Waals surface area contributed by atoms with E-state index in [4.69, 9.17) is 10.8 Å². The fourth-order valence-corrected chi connectivity index (χ4v) is 3.36. The van der Waals surface area contributed by atoms with Crippen molar-refractivity contribution in [3.63, 3.8) is 0 Å². The maximum absolute atomic E-state index is 6.05. The molecule has 4 nitrogen and oxygen atoms in total. The molecule has 4 heteroatoms. The lowest BCUT2D eigenvalue weighted by Gasteiger charge is -2.32. The molecule has 0 bridgehead atoms. The third-order valence-corrected chi connectivity index (χ3v) is 4.91. The van der Waals surface area contributed by atoms with Crippen LogP contribution in [0.15, 0.2) is 30.5 Å². The number of piperidine rings is 1. The Balaban J connectivity index is 1.70. The molecule has 22 heavy (non-hydrogen) atoms. The first-order valence-electron chi connectivity index (χ1n) is 8.38. The van der Waals surface area contributed by atoms with E-state index < -0.39 is 0 Å². The van der Waals surface area contributed by atoms with Gasteiger partial charge in [-0.1, -0.05) is 17.7 Å². The molecule has 2 aromatic rings. The Morgan fingerprint density at radius 2 is 1.73 bits per heavy atom. The van der Waals surface area contributed by atoms with Crippen LogP contribution in [-0.2, 0) is 0 Å². The zero-order valence-electron chi connectivity index (χ0n) is 13.2. The van der Waals surface area contributed by atoms with Gasteiger partial charge in [0.05, 0.1) is 23.3 Å². The van der Waals surface area contributed by atoms with Gasteiger partial charge in [-0.05, 0) is 44.7 Å². The van der Waals surface area contributed by atoms with Crippen LogP contribution in [0.1, 0.15) is 42.9 Å². The topological polar surface area (TPSA) is 47.1 Å². The molecule has 4 rings (SSSR count). The first-order valence-corrected chi connectivity index (χ1v) is 8.38.